The molecule has 1 aromatic carbocycles. The second-order valence-electron chi connectivity index (χ2n) is 8.22. The van der Waals surface area contributed by atoms with Gasteiger partial charge in [-0.25, -0.2) is 13.4 Å². The molecule has 34 heavy (non-hydrogen) atoms. The molecule has 0 unspecified atom stereocenters. The summed E-state index contributed by atoms with van der Waals surface area (Å²) in [4.78, 5) is 20.4. The van der Waals surface area contributed by atoms with Crippen molar-refractivity contribution in [2.75, 3.05) is 32.8 Å². The highest BCUT2D eigenvalue weighted by molar-refractivity contribution is 7.89. The highest BCUT2D eigenvalue weighted by Gasteiger charge is 2.36. The van der Waals surface area contributed by atoms with Gasteiger partial charge in [-0.05, 0) is 31.5 Å². The lowest BCUT2D eigenvalue weighted by Gasteiger charge is -2.38. The average Bonchev–Trinajstić information content (AvgIpc) is 3.09. The molecule has 0 radical (unpaired) electrons. The summed E-state index contributed by atoms with van der Waals surface area (Å²) in [5.74, 6) is 0.658. The smallest absolute Gasteiger partial charge is 0.277 e. The fourth-order valence-electron chi connectivity index (χ4n) is 4.10. The van der Waals surface area contributed by atoms with E-state index >= 15 is 0 Å². The third-order valence-electron chi connectivity index (χ3n) is 5.79. The van der Waals surface area contributed by atoms with Crippen molar-refractivity contribution in [2.45, 2.75) is 37.6 Å². The molecule has 184 valence electrons. The molecule has 1 aliphatic rings. The Kier molecular flexibility index (Phi) is 7.03. The Hall–Kier alpha value is -2.80. The van der Waals surface area contributed by atoms with E-state index in [1.54, 1.807) is 13.1 Å². The van der Waals surface area contributed by atoms with E-state index in [1.165, 1.54) is 21.1 Å². The molecule has 3 aromatic rings. The summed E-state index contributed by atoms with van der Waals surface area (Å²) in [6, 6.07) is 4.59. The highest BCUT2D eigenvalue weighted by atomic mass is 32.2. The van der Waals surface area contributed by atoms with Gasteiger partial charge in [0, 0.05) is 32.7 Å². The second-order valence-corrected chi connectivity index (χ2v) is 10.2. The number of sulfonamides is 1. The molecule has 0 spiro atoms. The van der Waals surface area contributed by atoms with E-state index in [2.05, 4.69) is 20.4 Å². The zero-order chi connectivity index (χ0) is 24.5. The zero-order valence-corrected chi connectivity index (χ0v) is 20.4. The van der Waals surface area contributed by atoms with Gasteiger partial charge in [0.1, 0.15) is 17.1 Å². The lowest BCUT2D eigenvalue weighted by atomic mass is 10.1. The van der Waals surface area contributed by atoms with Crippen LogP contribution in [0.5, 0.6) is 5.75 Å². The van der Waals surface area contributed by atoms with Crippen LogP contribution in [0, 0.1) is 0 Å². The maximum atomic E-state index is 13.2. The minimum absolute atomic E-state index is 0.00203. The van der Waals surface area contributed by atoms with Gasteiger partial charge in [-0.2, -0.15) is 9.40 Å². The van der Waals surface area contributed by atoms with Crippen LogP contribution < -0.4 is 15.6 Å². The molecule has 0 saturated carbocycles. The van der Waals surface area contributed by atoms with E-state index in [0.717, 1.165) is 12.1 Å². The average molecular weight is 491 g/mol. The van der Waals surface area contributed by atoms with Crippen molar-refractivity contribution < 1.29 is 18.3 Å². The van der Waals surface area contributed by atoms with Crippen molar-refractivity contribution in [1.29, 1.82) is 0 Å². The quantitative estimate of drug-likeness (QED) is 0.376. The molecule has 2 aromatic heterocycles. The van der Waals surface area contributed by atoms with Crippen LogP contribution in [-0.4, -0.2) is 76.5 Å². The third kappa shape index (κ3) is 4.45. The SMILES string of the molecule is CCCc1nn(C)c2c(=O)[nH]c(-c3cc(S(=O)(=O)N4CC(NCCO)C4)ccc3OCC)nc12. The fraction of sp³-hybridized carbons (Fsp3) is 0.500. The molecule has 0 aliphatic carbocycles. The maximum Gasteiger partial charge on any atom is 0.277 e. The van der Waals surface area contributed by atoms with Crippen LogP contribution in [0.1, 0.15) is 26.0 Å². The molecular weight excluding hydrogens is 460 g/mol. The third-order valence-corrected chi connectivity index (χ3v) is 7.61. The molecule has 12 heteroatoms. The first kappa shape index (κ1) is 24.3. The molecular formula is C22H30N6O5S. The largest absolute Gasteiger partial charge is 0.493 e. The second kappa shape index (κ2) is 9.82. The first-order chi connectivity index (χ1) is 16.3. The normalized spacial score (nSPS) is 15.1. The Balaban J connectivity index is 1.76. The Labute approximate surface area is 197 Å². The Morgan fingerprint density at radius 3 is 2.74 bits per heavy atom. The number of nitrogens with zero attached hydrogens (tertiary/aromatic N) is 4. The van der Waals surface area contributed by atoms with Gasteiger partial charge in [-0.3, -0.25) is 9.48 Å². The van der Waals surface area contributed by atoms with Crippen LogP contribution in [0.2, 0.25) is 0 Å². The van der Waals surface area contributed by atoms with Gasteiger partial charge in [0.2, 0.25) is 10.0 Å². The fourth-order valence-corrected chi connectivity index (χ4v) is 5.65. The summed E-state index contributed by atoms with van der Waals surface area (Å²) in [5, 5.41) is 16.5. The number of aromatic nitrogens is 4. The molecule has 0 atom stereocenters. The number of fused-ring (bicyclic) bond motifs is 1. The Morgan fingerprint density at radius 2 is 2.06 bits per heavy atom. The van der Waals surface area contributed by atoms with Crippen LogP contribution in [0.15, 0.2) is 27.9 Å². The van der Waals surface area contributed by atoms with Crippen molar-refractivity contribution in [3.63, 3.8) is 0 Å². The predicted molar refractivity (Wildman–Crippen MR) is 127 cm³/mol. The lowest BCUT2D eigenvalue weighted by Crippen LogP contribution is -2.59. The minimum Gasteiger partial charge on any atom is -0.493 e. The van der Waals surface area contributed by atoms with E-state index in [0.29, 0.717) is 55.0 Å². The number of aliphatic hydroxyl groups excluding tert-OH is 1. The van der Waals surface area contributed by atoms with Gasteiger partial charge in [-0.15, -0.1) is 0 Å². The molecule has 11 nitrogen and oxygen atoms in total. The zero-order valence-electron chi connectivity index (χ0n) is 19.5. The van der Waals surface area contributed by atoms with Crippen molar-refractivity contribution in [3.05, 3.63) is 34.2 Å². The van der Waals surface area contributed by atoms with E-state index in [1.807, 2.05) is 13.8 Å². The number of rotatable bonds is 10. The minimum atomic E-state index is -3.75. The number of aliphatic hydroxyl groups is 1. The maximum absolute atomic E-state index is 13.2. The number of ether oxygens (including phenoxy) is 1. The number of hydrogen-bond donors (Lipinski definition) is 3. The molecule has 0 bridgehead atoms. The van der Waals surface area contributed by atoms with Gasteiger partial charge in [0.25, 0.3) is 5.56 Å². The highest BCUT2D eigenvalue weighted by Crippen LogP contribution is 2.33. The Morgan fingerprint density at radius 1 is 1.29 bits per heavy atom. The monoisotopic (exact) mass is 490 g/mol. The van der Waals surface area contributed by atoms with Crippen LogP contribution in [0.4, 0.5) is 0 Å². The summed E-state index contributed by atoms with van der Waals surface area (Å²) in [5.41, 5.74) is 1.63. The van der Waals surface area contributed by atoms with Crippen LogP contribution >= 0.6 is 0 Å². The number of H-pyrrole nitrogens is 1. The Bertz CT molecular complexity index is 1340. The molecule has 1 fully saturated rings. The summed E-state index contributed by atoms with van der Waals surface area (Å²) in [6.45, 7) is 5.27. The van der Waals surface area contributed by atoms with Crippen LogP contribution in [0.3, 0.4) is 0 Å². The summed E-state index contributed by atoms with van der Waals surface area (Å²) in [6.07, 6.45) is 1.51. The van der Waals surface area contributed by atoms with Crippen molar-refractivity contribution >= 4 is 21.1 Å². The van der Waals surface area contributed by atoms with Crippen molar-refractivity contribution in [1.82, 2.24) is 29.4 Å². The van der Waals surface area contributed by atoms with Gasteiger partial charge < -0.3 is 20.1 Å². The molecule has 0 amide bonds. The van der Waals surface area contributed by atoms with Crippen molar-refractivity contribution in [3.8, 4) is 17.1 Å². The summed E-state index contributed by atoms with van der Waals surface area (Å²) >= 11 is 0. The molecule has 1 saturated heterocycles. The summed E-state index contributed by atoms with van der Waals surface area (Å²) in [7, 11) is -2.05. The van der Waals surface area contributed by atoms with Crippen molar-refractivity contribution in [2.24, 2.45) is 7.05 Å². The lowest BCUT2D eigenvalue weighted by molar-refractivity contribution is 0.208. The van der Waals surface area contributed by atoms with Gasteiger partial charge in [0.15, 0.2) is 5.52 Å². The molecule has 3 heterocycles. The first-order valence-electron chi connectivity index (χ1n) is 11.4. The van der Waals surface area contributed by atoms with E-state index in [4.69, 9.17) is 9.84 Å². The number of nitrogens with one attached hydrogen (secondary N) is 2. The molecule has 1 aliphatic heterocycles. The van der Waals surface area contributed by atoms with Gasteiger partial charge in [0.05, 0.1) is 29.4 Å². The van der Waals surface area contributed by atoms with Gasteiger partial charge >= 0.3 is 0 Å². The molecule has 4 rings (SSSR count). The number of aromatic amines is 1. The molecule has 3 N–H and O–H groups in total. The van der Waals surface area contributed by atoms with Gasteiger partial charge in [-0.1, -0.05) is 13.3 Å². The first-order valence-corrected chi connectivity index (χ1v) is 12.8. The predicted octanol–water partition coefficient (Wildman–Crippen LogP) is 0.630. The van der Waals surface area contributed by atoms with E-state index < -0.39 is 10.0 Å². The summed E-state index contributed by atoms with van der Waals surface area (Å²) < 4.78 is 35.0. The topological polar surface area (TPSA) is 142 Å². The van der Waals surface area contributed by atoms with E-state index in [9.17, 15) is 13.2 Å². The number of hydrogen-bond acceptors (Lipinski definition) is 8. The number of aryl methyl sites for hydroxylation is 2. The standard InChI is InChI=1S/C22H30N6O5S/c1-4-6-17-19-20(27(3)26-17)22(30)25-21(24-19)16-11-15(7-8-18(16)33-5-2)34(31,32)28-12-14(13-28)23-9-10-29/h7-8,11,14,23,29H,4-6,9-10,12-13H2,1-3H3,(H,24,25,30). The van der Waals surface area contributed by atoms with Crippen LogP contribution in [-0.2, 0) is 23.5 Å². The number of benzene rings is 1. The van der Waals surface area contributed by atoms with Crippen LogP contribution in [0.25, 0.3) is 22.4 Å². The van der Waals surface area contributed by atoms with E-state index in [-0.39, 0.29) is 28.9 Å².